The lowest BCUT2D eigenvalue weighted by Crippen LogP contribution is -2.36. The highest BCUT2D eigenvalue weighted by Gasteiger charge is 2.16. The Bertz CT molecular complexity index is 215. The molecule has 1 saturated heterocycles. The third-order valence-corrected chi connectivity index (χ3v) is 2.41. The van der Waals surface area contributed by atoms with Crippen LogP contribution in [0.3, 0.4) is 0 Å². The summed E-state index contributed by atoms with van der Waals surface area (Å²) in [5, 5.41) is 0. The van der Waals surface area contributed by atoms with Crippen LogP contribution >= 0.6 is 0 Å². The molecule has 0 unspecified atom stereocenters. The summed E-state index contributed by atoms with van der Waals surface area (Å²) in [6.07, 6.45) is 2.89. The van der Waals surface area contributed by atoms with Crippen molar-refractivity contribution in [3.8, 4) is 0 Å². The molecule has 0 bridgehead atoms. The lowest BCUT2D eigenvalue weighted by atomic mass is 10.1. The molecular weight excluding hydrogens is 182 g/mol. The van der Waals surface area contributed by atoms with E-state index in [9.17, 15) is 9.59 Å². The summed E-state index contributed by atoms with van der Waals surface area (Å²) in [4.78, 5) is 24.0. The number of Topliss-reactive ketones (excluding diaryl/α,β-unsaturated/α-hetero) is 1. The number of rotatable bonds is 4. The fourth-order valence-corrected chi connectivity index (χ4v) is 1.65. The first-order valence-electron chi connectivity index (χ1n) is 5.03. The summed E-state index contributed by atoms with van der Waals surface area (Å²) < 4.78 is 4.54. The molecule has 80 valence electrons. The second kappa shape index (κ2) is 5.75. The number of ketones is 1. The predicted octanol–water partition coefficient (Wildman–Crippen LogP) is 0.604. The van der Waals surface area contributed by atoms with Gasteiger partial charge in [-0.3, -0.25) is 14.5 Å². The molecule has 4 nitrogen and oxygen atoms in total. The van der Waals surface area contributed by atoms with Gasteiger partial charge in [-0.05, 0) is 25.9 Å². The molecule has 4 heteroatoms. The molecule has 0 atom stereocenters. The van der Waals surface area contributed by atoms with Gasteiger partial charge in [0.25, 0.3) is 0 Å². The number of carbonyl (C=O) groups excluding carboxylic acids is 2. The van der Waals surface area contributed by atoms with Gasteiger partial charge in [0.2, 0.25) is 0 Å². The van der Waals surface area contributed by atoms with Crippen LogP contribution in [0.5, 0.6) is 0 Å². The fraction of sp³-hybridized carbons (Fsp3) is 0.800. The van der Waals surface area contributed by atoms with E-state index in [0.29, 0.717) is 25.2 Å². The third-order valence-electron chi connectivity index (χ3n) is 2.41. The van der Waals surface area contributed by atoms with Gasteiger partial charge in [0.15, 0.2) is 0 Å². The van der Waals surface area contributed by atoms with Gasteiger partial charge in [-0.25, -0.2) is 0 Å². The fourth-order valence-electron chi connectivity index (χ4n) is 1.65. The van der Waals surface area contributed by atoms with Crippen LogP contribution < -0.4 is 0 Å². The second-order valence-electron chi connectivity index (χ2n) is 3.60. The number of esters is 1. The number of methoxy groups -OCH3 is 1. The van der Waals surface area contributed by atoms with Crippen LogP contribution in [0.1, 0.15) is 25.7 Å². The van der Waals surface area contributed by atoms with Crippen molar-refractivity contribution in [2.24, 2.45) is 0 Å². The Morgan fingerprint density at radius 3 is 3.00 bits per heavy atom. The molecule has 0 spiro atoms. The molecule has 0 radical (unpaired) electrons. The van der Waals surface area contributed by atoms with Gasteiger partial charge in [0, 0.05) is 12.8 Å². The number of ether oxygens (including phenoxy) is 1. The monoisotopic (exact) mass is 199 g/mol. The number of piperidine rings is 1. The second-order valence-corrected chi connectivity index (χ2v) is 3.60. The highest BCUT2D eigenvalue weighted by atomic mass is 16.5. The van der Waals surface area contributed by atoms with Crippen molar-refractivity contribution in [2.75, 3.05) is 26.7 Å². The van der Waals surface area contributed by atoms with E-state index in [2.05, 4.69) is 9.64 Å². The molecule has 0 aliphatic carbocycles. The van der Waals surface area contributed by atoms with Crippen LogP contribution in [0.15, 0.2) is 0 Å². The normalized spacial score (nSPS) is 18.2. The van der Waals surface area contributed by atoms with Crippen molar-refractivity contribution in [1.82, 2.24) is 4.90 Å². The molecule has 0 aromatic carbocycles. The van der Waals surface area contributed by atoms with Crippen LogP contribution in [-0.4, -0.2) is 43.4 Å². The molecule has 1 aliphatic rings. The zero-order valence-corrected chi connectivity index (χ0v) is 8.62. The maximum atomic E-state index is 11.1. The van der Waals surface area contributed by atoms with Crippen molar-refractivity contribution in [3.63, 3.8) is 0 Å². The first-order chi connectivity index (χ1) is 6.72. The van der Waals surface area contributed by atoms with Crippen LogP contribution in [0, 0.1) is 0 Å². The Labute approximate surface area is 84.2 Å². The van der Waals surface area contributed by atoms with Crippen LogP contribution in [0.2, 0.25) is 0 Å². The summed E-state index contributed by atoms with van der Waals surface area (Å²) in [5.41, 5.74) is 0. The van der Waals surface area contributed by atoms with Gasteiger partial charge in [-0.2, -0.15) is 0 Å². The van der Waals surface area contributed by atoms with Crippen molar-refractivity contribution in [1.29, 1.82) is 0 Å². The Kier molecular flexibility index (Phi) is 4.59. The Morgan fingerprint density at radius 2 is 2.36 bits per heavy atom. The molecule has 0 amide bonds. The average Bonchev–Trinajstić information content (AvgIpc) is 2.17. The molecule has 0 saturated carbocycles. The smallest absolute Gasteiger partial charge is 0.305 e. The van der Waals surface area contributed by atoms with Gasteiger partial charge < -0.3 is 4.74 Å². The van der Waals surface area contributed by atoms with E-state index in [1.807, 2.05) is 0 Å². The molecule has 1 heterocycles. The van der Waals surface area contributed by atoms with E-state index in [0.717, 1.165) is 25.9 Å². The zero-order valence-electron chi connectivity index (χ0n) is 8.62. The van der Waals surface area contributed by atoms with Crippen molar-refractivity contribution >= 4 is 11.8 Å². The average molecular weight is 199 g/mol. The Balaban J connectivity index is 2.11. The largest absolute Gasteiger partial charge is 0.469 e. The van der Waals surface area contributed by atoms with Gasteiger partial charge in [0.05, 0.1) is 13.7 Å². The summed E-state index contributed by atoms with van der Waals surface area (Å²) >= 11 is 0. The Hall–Kier alpha value is -0.900. The Morgan fingerprint density at radius 1 is 1.57 bits per heavy atom. The minimum atomic E-state index is -0.173. The third kappa shape index (κ3) is 3.87. The summed E-state index contributed by atoms with van der Waals surface area (Å²) in [6, 6.07) is 0. The van der Waals surface area contributed by atoms with E-state index in [-0.39, 0.29) is 5.97 Å². The minimum absolute atomic E-state index is 0.173. The molecule has 0 aromatic heterocycles. The SMILES string of the molecule is COC(=O)CCCN1CCCC(=O)C1. The highest BCUT2D eigenvalue weighted by molar-refractivity contribution is 5.81. The number of hydrogen-bond acceptors (Lipinski definition) is 4. The van der Waals surface area contributed by atoms with E-state index in [1.165, 1.54) is 7.11 Å². The quantitative estimate of drug-likeness (QED) is 0.622. The number of carbonyl (C=O) groups is 2. The molecule has 0 aromatic rings. The van der Waals surface area contributed by atoms with Crippen LogP contribution in [-0.2, 0) is 14.3 Å². The standard InChI is InChI=1S/C10H17NO3/c1-14-10(13)5-3-7-11-6-2-4-9(12)8-11/h2-8H2,1H3. The molecule has 1 fully saturated rings. The predicted molar refractivity (Wildman–Crippen MR) is 51.9 cm³/mol. The molecular formula is C10H17NO3. The maximum Gasteiger partial charge on any atom is 0.305 e. The van der Waals surface area contributed by atoms with Crippen LogP contribution in [0.25, 0.3) is 0 Å². The molecule has 14 heavy (non-hydrogen) atoms. The van der Waals surface area contributed by atoms with Crippen molar-refractivity contribution in [2.45, 2.75) is 25.7 Å². The first kappa shape index (κ1) is 11.2. The minimum Gasteiger partial charge on any atom is -0.469 e. The van der Waals surface area contributed by atoms with Crippen molar-refractivity contribution < 1.29 is 14.3 Å². The number of nitrogens with zero attached hydrogens (tertiary/aromatic N) is 1. The highest BCUT2D eigenvalue weighted by Crippen LogP contribution is 2.06. The van der Waals surface area contributed by atoms with Gasteiger partial charge >= 0.3 is 5.97 Å². The summed E-state index contributed by atoms with van der Waals surface area (Å²) in [6.45, 7) is 2.36. The number of likely N-dealkylation sites (tertiary alicyclic amines) is 1. The topological polar surface area (TPSA) is 46.6 Å². The van der Waals surface area contributed by atoms with E-state index < -0.39 is 0 Å². The van der Waals surface area contributed by atoms with Gasteiger partial charge in [-0.15, -0.1) is 0 Å². The summed E-state index contributed by atoms with van der Waals surface area (Å²) in [7, 11) is 1.40. The van der Waals surface area contributed by atoms with Gasteiger partial charge in [-0.1, -0.05) is 0 Å². The lowest BCUT2D eigenvalue weighted by molar-refractivity contribution is -0.140. The van der Waals surface area contributed by atoms with Crippen LogP contribution in [0.4, 0.5) is 0 Å². The molecule has 1 aliphatic heterocycles. The maximum absolute atomic E-state index is 11.1. The molecule has 0 N–H and O–H groups in total. The van der Waals surface area contributed by atoms with E-state index in [4.69, 9.17) is 0 Å². The summed E-state index contributed by atoms with van der Waals surface area (Å²) in [5.74, 6) is 0.141. The van der Waals surface area contributed by atoms with E-state index >= 15 is 0 Å². The van der Waals surface area contributed by atoms with E-state index in [1.54, 1.807) is 0 Å². The number of hydrogen-bond donors (Lipinski definition) is 0. The lowest BCUT2D eigenvalue weighted by Gasteiger charge is -2.25. The van der Waals surface area contributed by atoms with Crippen molar-refractivity contribution in [3.05, 3.63) is 0 Å². The first-order valence-corrected chi connectivity index (χ1v) is 5.03. The van der Waals surface area contributed by atoms with Gasteiger partial charge in [0.1, 0.15) is 5.78 Å². The zero-order chi connectivity index (χ0) is 10.4. The molecule has 1 rings (SSSR count).